The molecule has 2 rings (SSSR count). The Balaban J connectivity index is 1.86. The molecule has 6 heteroatoms. The van der Waals surface area contributed by atoms with Crippen molar-refractivity contribution in [3.63, 3.8) is 0 Å². The summed E-state index contributed by atoms with van der Waals surface area (Å²) < 4.78 is 10.7. The molecule has 1 fully saturated rings. The summed E-state index contributed by atoms with van der Waals surface area (Å²) in [4.78, 5) is 14.1. The van der Waals surface area contributed by atoms with E-state index in [4.69, 9.17) is 14.7 Å². The van der Waals surface area contributed by atoms with Crippen molar-refractivity contribution in [1.82, 2.24) is 4.90 Å². The van der Waals surface area contributed by atoms with Gasteiger partial charge in [0.25, 0.3) is 0 Å². The molecule has 1 N–H and O–H groups in total. The summed E-state index contributed by atoms with van der Waals surface area (Å²) in [5.41, 5.74) is 0.479. The van der Waals surface area contributed by atoms with Gasteiger partial charge in [-0.15, -0.1) is 0 Å². The van der Waals surface area contributed by atoms with Crippen molar-refractivity contribution >= 4 is 11.8 Å². The Kier molecular flexibility index (Phi) is 5.91. The van der Waals surface area contributed by atoms with E-state index in [2.05, 4.69) is 5.32 Å². The van der Waals surface area contributed by atoms with Gasteiger partial charge in [-0.3, -0.25) is 0 Å². The molecule has 0 bridgehead atoms. The largest absolute Gasteiger partial charge is 0.479 e. The maximum atomic E-state index is 12.3. The van der Waals surface area contributed by atoms with E-state index in [9.17, 15) is 4.79 Å². The molecule has 1 atom stereocenters. The number of nitriles is 1. The first-order valence-corrected chi connectivity index (χ1v) is 8.22. The second kappa shape index (κ2) is 7.91. The van der Waals surface area contributed by atoms with E-state index >= 15 is 0 Å². The highest BCUT2D eigenvalue weighted by Gasteiger charge is 2.31. The fraction of sp³-hybridized carbons (Fsp3) is 0.556. The van der Waals surface area contributed by atoms with Crippen LogP contribution < -0.4 is 10.1 Å². The molecule has 0 radical (unpaired) electrons. The summed E-state index contributed by atoms with van der Waals surface area (Å²) in [5, 5.41) is 11.8. The fourth-order valence-corrected chi connectivity index (χ4v) is 2.63. The topological polar surface area (TPSA) is 74.6 Å². The van der Waals surface area contributed by atoms with Gasteiger partial charge in [-0.05, 0) is 57.9 Å². The molecule has 24 heavy (non-hydrogen) atoms. The molecule has 0 aromatic heterocycles. The van der Waals surface area contributed by atoms with E-state index in [-0.39, 0.29) is 18.7 Å². The Morgan fingerprint density at radius 2 is 2.08 bits per heavy atom. The number of carbonyl (C=O) groups is 1. The van der Waals surface area contributed by atoms with Crippen LogP contribution in [0.3, 0.4) is 0 Å². The van der Waals surface area contributed by atoms with Crippen molar-refractivity contribution in [2.45, 2.75) is 45.3 Å². The van der Waals surface area contributed by atoms with Crippen molar-refractivity contribution in [2.75, 3.05) is 25.0 Å². The minimum absolute atomic E-state index is 0.0414. The van der Waals surface area contributed by atoms with E-state index in [1.165, 1.54) is 0 Å². The number of rotatable bonds is 5. The van der Waals surface area contributed by atoms with Gasteiger partial charge >= 0.3 is 6.09 Å². The van der Waals surface area contributed by atoms with Gasteiger partial charge in [0, 0.05) is 18.8 Å². The highest BCUT2D eigenvalue weighted by atomic mass is 16.6. The average Bonchev–Trinajstić information content (AvgIpc) is 2.99. The van der Waals surface area contributed by atoms with Crippen LogP contribution in [-0.2, 0) is 4.74 Å². The minimum atomic E-state index is -0.475. The van der Waals surface area contributed by atoms with Gasteiger partial charge in [-0.2, -0.15) is 5.26 Å². The Labute approximate surface area is 143 Å². The number of benzene rings is 1. The van der Waals surface area contributed by atoms with Crippen molar-refractivity contribution in [1.29, 1.82) is 5.26 Å². The predicted molar refractivity (Wildman–Crippen MR) is 92.0 cm³/mol. The van der Waals surface area contributed by atoms with Crippen LogP contribution in [0.1, 0.15) is 33.6 Å². The Bertz CT molecular complexity index is 587. The molecule has 1 unspecified atom stereocenters. The number of nitrogens with one attached hydrogen (secondary N) is 1. The normalized spacial score (nSPS) is 17.2. The lowest BCUT2D eigenvalue weighted by Gasteiger charge is -2.29. The first-order valence-electron chi connectivity index (χ1n) is 8.22. The summed E-state index contributed by atoms with van der Waals surface area (Å²) in [6.45, 7) is 7.10. The van der Waals surface area contributed by atoms with Gasteiger partial charge in [0.15, 0.2) is 6.61 Å². The van der Waals surface area contributed by atoms with Gasteiger partial charge in [0.1, 0.15) is 17.4 Å². The van der Waals surface area contributed by atoms with Crippen LogP contribution in [0, 0.1) is 11.3 Å². The standard InChI is InChI=1S/C18H25N3O3/c1-18(2,3)24-17(22)21-11-4-5-15(21)13-20-14-6-8-16(9-7-14)23-12-10-19/h6-9,15,20H,4-5,11-13H2,1-3H3. The number of ether oxygens (including phenoxy) is 2. The smallest absolute Gasteiger partial charge is 0.410 e. The summed E-state index contributed by atoms with van der Waals surface area (Å²) in [6, 6.07) is 9.51. The highest BCUT2D eigenvalue weighted by molar-refractivity contribution is 5.69. The number of nitrogens with zero attached hydrogens (tertiary/aromatic N) is 2. The summed E-state index contributed by atoms with van der Waals surface area (Å²) in [6.07, 6.45) is 1.72. The molecule has 1 aromatic carbocycles. The first kappa shape index (κ1) is 17.9. The Morgan fingerprint density at radius 3 is 2.71 bits per heavy atom. The molecule has 1 heterocycles. The molecule has 1 aliphatic rings. The Hall–Kier alpha value is -2.42. The average molecular weight is 331 g/mol. The molecule has 0 aliphatic carbocycles. The number of anilines is 1. The van der Waals surface area contributed by atoms with Crippen molar-refractivity contribution in [2.24, 2.45) is 0 Å². The zero-order valence-corrected chi connectivity index (χ0v) is 14.5. The zero-order chi connectivity index (χ0) is 17.6. The molecular weight excluding hydrogens is 306 g/mol. The number of likely N-dealkylation sites (tertiary alicyclic amines) is 1. The second-order valence-electron chi connectivity index (χ2n) is 6.82. The zero-order valence-electron chi connectivity index (χ0n) is 14.5. The maximum absolute atomic E-state index is 12.3. The third kappa shape index (κ3) is 5.34. The number of hydrogen-bond acceptors (Lipinski definition) is 5. The summed E-state index contributed by atoms with van der Waals surface area (Å²) >= 11 is 0. The number of hydrogen-bond donors (Lipinski definition) is 1. The van der Waals surface area contributed by atoms with Crippen LogP contribution >= 0.6 is 0 Å². The minimum Gasteiger partial charge on any atom is -0.479 e. The maximum Gasteiger partial charge on any atom is 0.410 e. The quantitative estimate of drug-likeness (QED) is 0.895. The van der Waals surface area contributed by atoms with E-state index in [1.807, 2.05) is 56.0 Å². The van der Waals surface area contributed by atoms with Crippen molar-refractivity contribution in [3.8, 4) is 11.8 Å². The molecular formula is C18H25N3O3. The van der Waals surface area contributed by atoms with Crippen LogP contribution in [0.25, 0.3) is 0 Å². The van der Waals surface area contributed by atoms with Gasteiger partial charge in [0.05, 0.1) is 6.04 Å². The van der Waals surface area contributed by atoms with Crippen LogP contribution in [0.5, 0.6) is 5.75 Å². The van der Waals surface area contributed by atoms with Gasteiger partial charge in [-0.25, -0.2) is 4.79 Å². The van der Waals surface area contributed by atoms with Crippen LogP contribution in [0.15, 0.2) is 24.3 Å². The van der Waals surface area contributed by atoms with Gasteiger partial charge in [-0.1, -0.05) is 0 Å². The van der Waals surface area contributed by atoms with Gasteiger partial charge < -0.3 is 19.7 Å². The highest BCUT2D eigenvalue weighted by Crippen LogP contribution is 2.22. The van der Waals surface area contributed by atoms with Gasteiger partial charge in [0.2, 0.25) is 0 Å². The first-order chi connectivity index (χ1) is 11.4. The van der Waals surface area contributed by atoms with E-state index in [0.29, 0.717) is 12.3 Å². The molecule has 0 saturated carbocycles. The molecule has 1 amide bonds. The second-order valence-corrected chi connectivity index (χ2v) is 6.82. The lowest BCUT2D eigenvalue weighted by molar-refractivity contribution is 0.0235. The molecule has 1 aromatic rings. The molecule has 1 aliphatic heterocycles. The Morgan fingerprint density at radius 1 is 1.38 bits per heavy atom. The summed E-state index contributed by atoms with van der Waals surface area (Å²) in [7, 11) is 0. The molecule has 130 valence electrons. The van der Waals surface area contributed by atoms with E-state index in [1.54, 1.807) is 0 Å². The predicted octanol–water partition coefficient (Wildman–Crippen LogP) is 3.40. The number of carbonyl (C=O) groups excluding carboxylic acids is 1. The SMILES string of the molecule is CC(C)(C)OC(=O)N1CCCC1CNc1ccc(OCC#N)cc1. The van der Waals surface area contributed by atoms with Crippen molar-refractivity contribution < 1.29 is 14.3 Å². The molecule has 0 spiro atoms. The lowest BCUT2D eigenvalue weighted by atomic mass is 10.2. The molecule has 1 saturated heterocycles. The van der Waals surface area contributed by atoms with E-state index in [0.717, 1.165) is 25.1 Å². The van der Waals surface area contributed by atoms with Crippen LogP contribution in [0.4, 0.5) is 10.5 Å². The van der Waals surface area contributed by atoms with Crippen LogP contribution in [-0.4, -0.2) is 42.3 Å². The number of amides is 1. The van der Waals surface area contributed by atoms with Crippen molar-refractivity contribution in [3.05, 3.63) is 24.3 Å². The summed E-state index contributed by atoms with van der Waals surface area (Å²) in [5.74, 6) is 0.665. The lowest BCUT2D eigenvalue weighted by Crippen LogP contribution is -2.42. The fourth-order valence-electron chi connectivity index (χ4n) is 2.63. The molecule has 6 nitrogen and oxygen atoms in total. The monoisotopic (exact) mass is 331 g/mol. The van der Waals surface area contributed by atoms with Crippen LogP contribution in [0.2, 0.25) is 0 Å². The third-order valence-corrected chi connectivity index (χ3v) is 3.70. The van der Waals surface area contributed by atoms with E-state index < -0.39 is 5.60 Å². The third-order valence-electron chi connectivity index (χ3n) is 3.70.